The Bertz CT molecular complexity index is 1170. The summed E-state index contributed by atoms with van der Waals surface area (Å²) in [4.78, 5) is 25.4. The van der Waals surface area contributed by atoms with E-state index in [1.54, 1.807) is 30.7 Å². The van der Waals surface area contributed by atoms with Crippen molar-refractivity contribution in [2.45, 2.75) is 31.8 Å². The predicted molar refractivity (Wildman–Crippen MR) is 108 cm³/mol. The Labute approximate surface area is 167 Å². The lowest BCUT2D eigenvalue weighted by Gasteiger charge is -2.25. The van der Waals surface area contributed by atoms with Crippen molar-refractivity contribution in [1.82, 2.24) is 15.0 Å². The van der Waals surface area contributed by atoms with Gasteiger partial charge in [0, 0.05) is 40.7 Å². The number of nitrogens with zero attached hydrogens (tertiary/aromatic N) is 3. The van der Waals surface area contributed by atoms with Crippen LogP contribution in [0.1, 0.15) is 35.3 Å². The maximum absolute atomic E-state index is 12.8. The predicted octanol–water partition coefficient (Wildman–Crippen LogP) is 4.64. The third-order valence-corrected chi connectivity index (χ3v) is 5.23. The molecule has 1 aliphatic carbocycles. The Hall–Kier alpha value is -3.54. The summed E-state index contributed by atoms with van der Waals surface area (Å²) in [6, 6.07) is 11.4. The minimum absolute atomic E-state index is 0.0101. The van der Waals surface area contributed by atoms with E-state index in [9.17, 15) is 4.79 Å². The highest BCUT2D eigenvalue weighted by Crippen LogP contribution is 2.26. The van der Waals surface area contributed by atoms with E-state index in [2.05, 4.69) is 15.0 Å². The van der Waals surface area contributed by atoms with E-state index < -0.39 is 0 Å². The lowest BCUT2D eigenvalue weighted by Crippen LogP contribution is -2.25. The number of hydrogen-bond donors (Lipinski definition) is 0. The molecule has 5 rings (SSSR count). The van der Waals surface area contributed by atoms with Crippen LogP contribution in [0.5, 0.6) is 5.88 Å². The summed E-state index contributed by atoms with van der Waals surface area (Å²) in [7, 11) is 0. The van der Waals surface area contributed by atoms with Crippen LogP contribution in [-0.4, -0.2) is 26.8 Å². The fourth-order valence-electron chi connectivity index (χ4n) is 3.37. The number of fused-ring (bicyclic) bond motifs is 1. The Balaban J connectivity index is 1.36. The van der Waals surface area contributed by atoms with Crippen molar-refractivity contribution in [3.05, 3.63) is 72.6 Å². The second-order valence-corrected chi connectivity index (χ2v) is 7.26. The highest BCUT2D eigenvalue weighted by atomic mass is 16.5. The minimum Gasteiger partial charge on any atom is -0.474 e. The van der Waals surface area contributed by atoms with Crippen molar-refractivity contribution in [1.29, 1.82) is 0 Å². The number of carbonyl (C=O) groups excluding carboxylic acids is 1. The van der Waals surface area contributed by atoms with Gasteiger partial charge in [-0.15, -0.1) is 0 Å². The maximum Gasteiger partial charge on any atom is 0.214 e. The van der Waals surface area contributed by atoms with Gasteiger partial charge in [-0.05, 0) is 42.8 Å². The molecular weight excluding hydrogens is 366 g/mol. The van der Waals surface area contributed by atoms with E-state index in [1.807, 2.05) is 24.3 Å². The third-order valence-electron chi connectivity index (χ3n) is 5.23. The van der Waals surface area contributed by atoms with E-state index >= 15 is 0 Å². The van der Waals surface area contributed by atoms with Crippen molar-refractivity contribution in [2.24, 2.45) is 0 Å². The number of pyridine rings is 2. The zero-order chi connectivity index (χ0) is 19.6. The molecular formula is C23H19N3O3. The van der Waals surface area contributed by atoms with Gasteiger partial charge in [-0.1, -0.05) is 12.1 Å². The molecule has 1 fully saturated rings. The fraction of sp³-hybridized carbons (Fsp3) is 0.217. The van der Waals surface area contributed by atoms with Crippen LogP contribution in [-0.2, 0) is 6.42 Å². The number of Topliss-reactive ketones (excluding diaryl/α,β-unsaturated/α-hetero) is 1. The average Bonchev–Trinajstić information content (AvgIpc) is 3.25. The van der Waals surface area contributed by atoms with Gasteiger partial charge in [0.1, 0.15) is 6.10 Å². The number of aromatic nitrogens is 3. The smallest absolute Gasteiger partial charge is 0.214 e. The molecule has 1 aromatic carbocycles. The van der Waals surface area contributed by atoms with Crippen molar-refractivity contribution in [3.63, 3.8) is 0 Å². The van der Waals surface area contributed by atoms with Crippen molar-refractivity contribution in [3.8, 4) is 17.2 Å². The van der Waals surface area contributed by atoms with Crippen LogP contribution in [0.4, 0.5) is 0 Å². The molecule has 6 nitrogen and oxygen atoms in total. The highest BCUT2D eigenvalue weighted by molar-refractivity contribution is 5.98. The zero-order valence-electron chi connectivity index (χ0n) is 15.7. The SMILES string of the molecule is O=C(Cc1cc2cc(-c3cnco3)ccc2cn1)c1ccnc(OC2CCC2)c1. The van der Waals surface area contributed by atoms with E-state index in [1.165, 1.54) is 12.8 Å². The molecule has 0 bridgehead atoms. The van der Waals surface area contributed by atoms with Crippen LogP contribution in [0, 0.1) is 0 Å². The summed E-state index contributed by atoms with van der Waals surface area (Å²) in [5.74, 6) is 1.21. The van der Waals surface area contributed by atoms with Crippen molar-refractivity contribution >= 4 is 16.6 Å². The normalized spacial score (nSPS) is 13.9. The lowest BCUT2D eigenvalue weighted by molar-refractivity contribution is 0.0986. The molecule has 0 aliphatic heterocycles. The molecule has 6 heteroatoms. The van der Waals surface area contributed by atoms with Gasteiger partial charge in [-0.2, -0.15) is 0 Å². The molecule has 1 aliphatic rings. The number of hydrogen-bond acceptors (Lipinski definition) is 6. The average molecular weight is 385 g/mol. The molecule has 0 radical (unpaired) electrons. The molecule has 3 aromatic heterocycles. The van der Waals surface area contributed by atoms with E-state index in [-0.39, 0.29) is 18.3 Å². The molecule has 0 spiro atoms. The van der Waals surface area contributed by atoms with Gasteiger partial charge in [-0.3, -0.25) is 9.78 Å². The van der Waals surface area contributed by atoms with Gasteiger partial charge in [0.2, 0.25) is 5.88 Å². The number of carbonyl (C=O) groups is 1. The Morgan fingerprint density at radius 2 is 2.00 bits per heavy atom. The second kappa shape index (κ2) is 7.47. The van der Waals surface area contributed by atoms with Gasteiger partial charge in [0.25, 0.3) is 0 Å². The van der Waals surface area contributed by atoms with Crippen molar-refractivity contribution < 1.29 is 13.9 Å². The number of rotatable bonds is 6. The summed E-state index contributed by atoms with van der Waals surface area (Å²) in [5.41, 5.74) is 2.24. The summed E-state index contributed by atoms with van der Waals surface area (Å²) >= 11 is 0. The summed E-state index contributed by atoms with van der Waals surface area (Å²) < 4.78 is 11.2. The molecule has 0 unspecified atom stereocenters. The van der Waals surface area contributed by atoms with Crippen molar-refractivity contribution in [2.75, 3.05) is 0 Å². The second-order valence-electron chi connectivity index (χ2n) is 7.26. The summed E-state index contributed by atoms with van der Waals surface area (Å²) in [6.45, 7) is 0. The van der Waals surface area contributed by atoms with Crippen LogP contribution in [0.2, 0.25) is 0 Å². The van der Waals surface area contributed by atoms with Gasteiger partial charge in [-0.25, -0.2) is 9.97 Å². The molecule has 0 atom stereocenters. The molecule has 3 heterocycles. The van der Waals surface area contributed by atoms with Gasteiger partial charge >= 0.3 is 0 Å². The molecule has 4 aromatic rings. The molecule has 29 heavy (non-hydrogen) atoms. The number of benzene rings is 1. The third kappa shape index (κ3) is 3.74. The molecule has 0 amide bonds. The minimum atomic E-state index is -0.0101. The number of ketones is 1. The van der Waals surface area contributed by atoms with Gasteiger partial charge < -0.3 is 9.15 Å². The molecule has 144 valence electrons. The molecule has 0 N–H and O–H groups in total. The molecule has 1 saturated carbocycles. The summed E-state index contributed by atoms with van der Waals surface area (Å²) in [5, 5.41) is 2.00. The Morgan fingerprint density at radius 1 is 1.07 bits per heavy atom. The number of ether oxygens (including phenoxy) is 1. The fourth-order valence-corrected chi connectivity index (χ4v) is 3.37. The van der Waals surface area contributed by atoms with E-state index in [4.69, 9.17) is 9.15 Å². The quantitative estimate of drug-likeness (QED) is 0.450. The first-order valence-corrected chi connectivity index (χ1v) is 9.68. The first-order chi connectivity index (χ1) is 14.2. The number of oxazole rings is 1. The lowest BCUT2D eigenvalue weighted by atomic mass is 9.96. The Morgan fingerprint density at radius 3 is 2.79 bits per heavy atom. The molecule has 0 saturated heterocycles. The first kappa shape index (κ1) is 17.6. The van der Waals surface area contributed by atoms with Gasteiger partial charge in [0.05, 0.1) is 12.6 Å². The monoisotopic (exact) mass is 385 g/mol. The highest BCUT2D eigenvalue weighted by Gasteiger charge is 2.20. The van der Waals surface area contributed by atoms with Gasteiger partial charge in [0.15, 0.2) is 17.9 Å². The largest absolute Gasteiger partial charge is 0.474 e. The first-order valence-electron chi connectivity index (χ1n) is 9.68. The van der Waals surface area contributed by atoms with Crippen LogP contribution >= 0.6 is 0 Å². The maximum atomic E-state index is 12.8. The summed E-state index contributed by atoms with van der Waals surface area (Å²) in [6.07, 6.45) is 10.2. The van der Waals surface area contributed by atoms with Crippen LogP contribution in [0.15, 0.2) is 65.8 Å². The Kier molecular flexibility index (Phi) is 4.52. The van der Waals surface area contributed by atoms with Crippen LogP contribution < -0.4 is 4.74 Å². The van der Waals surface area contributed by atoms with Crippen LogP contribution in [0.25, 0.3) is 22.1 Å². The van der Waals surface area contributed by atoms with Crippen LogP contribution in [0.3, 0.4) is 0 Å². The standard InChI is InChI=1S/C23H19N3O3/c27-21(15-6-7-25-23(10-15)29-20-2-1-3-20)11-19-9-18-8-16(22-13-24-14-28-22)4-5-17(18)12-26-19/h4-10,12-14,20H,1-3,11H2. The van der Waals surface area contributed by atoms with E-state index in [0.717, 1.165) is 34.9 Å². The van der Waals surface area contributed by atoms with E-state index in [0.29, 0.717) is 17.2 Å². The zero-order valence-corrected chi connectivity index (χ0v) is 15.7. The topological polar surface area (TPSA) is 78.1 Å².